The highest BCUT2D eigenvalue weighted by atomic mass is 35.5. The predicted molar refractivity (Wildman–Crippen MR) is 129 cm³/mol. The number of amides is 2. The summed E-state index contributed by atoms with van der Waals surface area (Å²) in [5.74, 6) is -0.706. The maximum atomic E-state index is 13.5. The van der Waals surface area contributed by atoms with Crippen molar-refractivity contribution >= 4 is 46.1 Å². The third kappa shape index (κ3) is 4.92. The Kier molecular flexibility index (Phi) is 6.90. The van der Waals surface area contributed by atoms with Gasteiger partial charge in [-0.1, -0.05) is 29.4 Å². The molecule has 2 aromatic heterocycles. The summed E-state index contributed by atoms with van der Waals surface area (Å²) in [7, 11) is 1.51. The Balaban J connectivity index is 1.66. The molecule has 0 unspecified atom stereocenters. The van der Waals surface area contributed by atoms with Crippen LogP contribution in [0.3, 0.4) is 0 Å². The van der Waals surface area contributed by atoms with E-state index in [0.717, 1.165) is 17.3 Å². The summed E-state index contributed by atoms with van der Waals surface area (Å²) in [5.41, 5.74) is 6.05. The molecule has 0 atom stereocenters. The summed E-state index contributed by atoms with van der Waals surface area (Å²) in [4.78, 5) is 42.4. The SMILES string of the molecule is COc1ccc(C)cc1-n1c(SCC(=O)NNC(=O)c2ccco2)nc2cc(Cl)ccc2c1=O. The van der Waals surface area contributed by atoms with Crippen molar-refractivity contribution in [3.63, 3.8) is 0 Å². The Morgan fingerprint density at radius 1 is 1.18 bits per heavy atom. The zero-order valence-corrected chi connectivity index (χ0v) is 19.7. The van der Waals surface area contributed by atoms with Gasteiger partial charge in [-0.3, -0.25) is 29.8 Å². The summed E-state index contributed by atoms with van der Waals surface area (Å²) < 4.78 is 11.9. The molecular weight excluding hydrogens is 480 g/mol. The lowest BCUT2D eigenvalue weighted by molar-refractivity contribution is -0.119. The van der Waals surface area contributed by atoms with Crippen LogP contribution in [-0.4, -0.2) is 34.2 Å². The zero-order valence-electron chi connectivity index (χ0n) is 18.1. The summed E-state index contributed by atoms with van der Waals surface area (Å²) in [6.45, 7) is 1.89. The Hall–Kier alpha value is -3.76. The summed E-state index contributed by atoms with van der Waals surface area (Å²) in [5, 5.41) is 1.06. The van der Waals surface area contributed by atoms with Gasteiger partial charge in [-0.05, 0) is 55.0 Å². The number of benzene rings is 2. The summed E-state index contributed by atoms with van der Waals surface area (Å²) in [6, 6.07) is 13.3. The number of methoxy groups -OCH3 is 1. The van der Waals surface area contributed by atoms with Gasteiger partial charge in [-0.25, -0.2) is 4.98 Å². The van der Waals surface area contributed by atoms with Gasteiger partial charge in [0.2, 0.25) is 5.91 Å². The van der Waals surface area contributed by atoms with Gasteiger partial charge in [0.1, 0.15) is 5.75 Å². The van der Waals surface area contributed by atoms with E-state index < -0.39 is 11.8 Å². The molecule has 2 aromatic carbocycles. The van der Waals surface area contributed by atoms with E-state index in [1.807, 2.05) is 13.0 Å². The predicted octanol–water partition coefficient (Wildman–Crippen LogP) is 3.50. The van der Waals surface area contributed by atoms with Crippen LogP contribution in [-0.2, 0) is 4.79 Å². The van der Waals surface area contributed by atoms with Crippen molar-refractivity contribution in [2.45, 2.75) is 12.1 Å². The van der Waals surface area contributed by atoms with Gasteiger partial charge in [0.15, 0.2) is 10.9 Å². The number of hydrazine groups is 1. The largest absolute Gasteiger partial charge is 0.495 e. The van der Waals surface area contributed by atoms with Crippen LogP contribution in [0.4, 0.5) is 0 Å². The number of aryl methyl sites for hydroxylation is 1. The number of fused-ring (bicyclic) bond motifs is 1. The molecular formula is C23H19ClN4O5S. The average Bonchev–Trinajstić information content (AvgIpc) is 3.36. The minimum Gasteiger partial charge on any atom is -0.495 e. The molecule has 0 spiro atoms. The Morgan fingerprint density at radius 3 is 2.74 bits per heavy atom. The maximum Gasteiger partial charge on any atom is 0.305 e. The van der Waals surface area contributed by atoms with Crippen molar-refractivity contribution < 1.29 is 18.7 Å². The van der Waals surface area contributed by atoms with Crippen molar-refractivity contribution in [2.75, 3.05) is 12.9 Å². The third-order valence-electron chi connectivity index (χ3n) is 4.77. The lowest BCUT2D eigenvalue weighted by Gasteiger charge is -2.16. The smallest absolute Gasteiger partial charge is 0.305 e. The fraction of sp³-hybridized carbons (Fsp3) is 0.130. The van der Waals surface area contributed by atoms with Gasteiger partial charge in [-0.15, -0.1) is 0 Å². The van der Waals surface area contributed by atoms with Crippen LogP contribution in [0.25, 0.3) is 16.6 Å². The number of furan rings is 1. The first-order valence-corrected chi connectivity index (χ1v) is 11.4. The van der Waals surface area contributed by atoms with E-state index in [1.54, 1.807) is 36.4 Å². The second-order valence-corrected chi connectivity index (χ2v) is 8.52. The average molecular weight is 499 g/mol. The van der Waals surface area contributed by atoms with E-state index >= 15 is 0 Å². The van der Waals surface area contributed by atoms with E-state index in [-0.39, 0.29) is 22.2 Å². The van der Waals surface area contributed by atoms with Gasteiger partial charge < -0.3 is 9.15 Å². The van der Waals surface area contributed by atoms with Crippen molar-refractivity contribution in [1.82, 2.24) is 20.4 Å². The molecule has 4 aromatic rings. The van der Waals surface area contributed by atoms with Gasteiger partial charge in [0, 0.05) is 5.02 Å². The molecule has 0 saturated carbocycles. The normalized spacial score (nSPS) is 10.8. The highest BCUT2D eigenvalue weighted by Crippen LogP contribution is 2.28. The van der Waals surface area contributed by atoms with Crippen LogP contribution in [0.5, 0.6) is 5.75 Å². The van der Waals surface area contributed by atoms with Gasteiger partial charge in [0.25, 0.3) is 5.56 Å². The van der Waals surface area contributed by atoms with Crippen LogP contribution < -0.4 is 21.1 Å². The molecule has 0 bridgehead atoms. The topological polar surface area (TPSA) is 115 Å². The van der Waals surface area contributed by atoms with E-state index in [1.165, 1.54) is 24.0 Å². The molecule has 0 fully saturated rings. The summed E-state index contributed by atoms with van der Waals surface area (Å²) in [6.07, 6.45) is 1.35. The number of carbonyl (C=O) groups is 2. The monoisotopic (exact) mass is 498 g/mol. The molecule has 9 nitrogen and oxygen atoms in total. The van der Waals surface area contributed by atoms with Crippen LogP contribution in [0, 0.1) is 6.92 Å². The number of halogens is 1. The molecule has 2 amide bonds. The van der Waals surface area contributed by atoms with Crippen molar-refractivity contribution in [3.8, 4) is 11.4 Å². The number of nitrogens with one attached hydrogen (secondary N) is 2. The molecule has 0 aliphatic heterocycles. The number of hydrogen-bond acceptors (Lipinski definition) is 7. The number of ether oxygens (including phenoxy) is 1. The lowest BCUT2D eigenvalue weighted by atomic mass is 10.2. The second kappa shape index (κ2) is 10.0. The molecule has 0 saturated heterocycles. The van der Waals surface area contributed by atoms with Crippen molar-refractivity contribution in [3.05, 3.63) is 81.5 Å². The molecule has 2 N–H and O–H groups in total. The first-order chi connectivity index (χ1) is 16.4. The fourth-order valence-corrected chi connectivity index (χ4v) is 4.16. The van der Waals surface area contributed by atoms with Crippen molar-refractivity contribution in [1.29, 1.82) is 0 Å². The molecule has 0 aliphatic rings. The quantitative estimate of drug-likeness (QED) is 0.237. The molecule has 4 rings (SSSR count). The summed E-state index contributed by atoms with van der Waals surface area (Å²) >= 11 is 7.13. The van der Waals surface area contributed by atoms with E-state index in [4.69, 9.17) is 20.8 Å². The minimum atomic E-state index is -0.594. The number of hydrogen-bond donors (Lipinski definition) is 2. The first kappa shape index (κ1) is 23.4. The van der Waals surface area contributed by atoms with E-state index in [2.05, 4.69) is 15.8 Å². The molecule has 11 heteroatoms. The number of carbonyl (C=O) groups excluding carboxylic acids is 2. The Morgan fingerprint density at radius 2 is 2.00 bits per heavy atom. The highest BCUT2D eigenvalue weighted by molar-refractivity contribution is 7.99. The standard InChI is InChI=1S/C23H19ClN4O5S/c1-13-5-8-18(32-2)17(10-13)28-22(31)15-7-6-14(24)11-16(15)25-23(28)34-12-20(29)26-27-21(30)19-4-3-9-33-19/h3-11H,12H2,1-2H3,(H,26,29)(H,27,30). The van der Waals surface area contributed by atoms with Crippen LogP contribution in [0.15, 0.2) is 69.2 Å². The van der Waals surface area contributed by atoms with E-state index in [9.17, 15) is 14.4 Å². The minimum absolute atomic E-state index is 0.0569. The van der Waals surface area contributed by atoms with Gasteiger partial charge >= 0.3 is 5.91 Å². The Bertz CT molecular complexity index is 1440. The third-order valence-corrected chi connectivity index (χ3v) is 5.94. The van der Waals surface area contributed by atoms with Gasteiger partial charge in [-0.2, -0.15) is 0 Å². The lowest BCUT2D eigenvalue weighted by Crippen LogP contribution is -2.42. The van der Waals surface area contributed by atoms with Crippen molar-refractivity contribution in [2.24, 2.45) is 0 Å². The number of rotatable bonds is 6. The maximum absolute atomic E-state index is 13.5. The zero-order chi connectivity index (χ0) is 24.2. The number of aromatic nitrogens is 2. The number of nitrogens with zero attached hydrogens (tertiary/aromatic N) is 2. The van der Waals surface area contributed by atoms with Crippen LogP contribution in [0.2, 0.25) is 5.02 Å². The second-order valence-electron chi connectivity index (χ2n) is 7.14. The highest BCUT2D eigenvalue weighted by Gasteiger charge is 2.18. The van der Waals surface area contributed by atoms with E-state index in [0.29, 0.717) is 27.4 Å². The fourth-order valence-electron chi connectivity index (χ4n) is 3.18. The Labute approximate surface area is 203 Å². The molecule has 2 heterocycles. The molecule has 34 heavy (non-hydrogen) atoms. The van der Waals surface area contributed by atoms with Crippen LogP contribution >= 0.6 is 23.4 Å². The van der Waals surface area contributed by atoms with Gasteiger partial charge in [0.05, 0.1) is 35.7 Å². The molecule has 0 aliphatic carbocycles. The van der Waals surface area contributed by atoms with Crippen LogP contribution in [0.1, 0.15) is 16.1 Å². The number of thioether (sulfide) groups is 1. The molecule has 174 valence electrons. The molecule has 0 radical (unpaired) electrons. The first-order valence-electron chi connectivity index (χ1n) is 10.00.